The van der Waals surface area contributed by atoms with Crippen molar-refractivity contribution in [1.29, 1.82) is 0 Å². The topological polar surface area (TPSA) is 116 Å². The molecule has 0 aliphatic heterocycles. The molecule has 9 nitrogen and oxygen atoms in total. The summed E-state index contributed by atoms with van der Waals surface area (Å²) in [7, 11) is 1.66. The normalized spacial score (nSPS) is 11.5. The van der Waals surface area contributed by atoms with Crippen LogP contribution in [0.4, 0.5) is 4.79 Å². The van der Waals surface area contributed by atoms with Crippen molar-refractivity contribution in [3.63, 3.8) is 0 Å². The lowest BCUT2D eigenvalue weighted by atomic mass is 10.1. The molecule has 0 saturated heterocycles. The van der Waals surface area contributed by atoms with Crippen molar-refractivity contribution in [3.05, 3.63) is 59.9 Å². The summed E-state index contributed by atoms with van der Waals surface area (Å²) in [5.74, 6) is -2.49. The highest BCUT2D eigenvalue weighted by atomic mass is 16.6. The van der Waals surface area contributed by atoms with Gasteiger partial charge in [0.15, 0.2) is 6.61 Å². The number of esters is 1. The number of benzene rings is 1. The summed E-state index contributed by atoms with van der Waals surface area (Å²) in [6.07, 6.45) is 0.882. The highest BCUT2D eigenvalue weighted by molar-refractivity contribution is 6.04. The van der Waals surface area contributed by atoms with Gasteiger partial charge in [0, 0.05) is 13.2 Å². The average molecular weight is 415 g/mol. The van der Waals surface area contributed by atoms with Crippen LogP contribution in [-0.2, 0) is 32.7 Å². The van der Waals surface area contributed by atoms with Crippen LogP contribution in [0.5, 0.6) is 0 Å². The summed E-state index contributed by atoms with van der Waals surface area (Å²) in [4.78, 5) is 48.2. The standard InChI is InChI=1S/C21H25N3O6/c1-14(2)18(23-21(28)30-12-15-8-5-4-6-9-15)20(27)29-13-17(25)22-19(26)16-10-7-11-24(16)3/h4-11,14,18H,12-13H2,1-3H3,(H,23,28)(H,22,25,26)/t18-/m1/s1. The van der Waals surface area contributed by atoms with Crippen molar-refractivity contribution < 1.29 is 28.7 Å². The number of imide groups is 1. The predicted octanol–water partition coefficient (Wildman–Crippen LogP) is 1.78. The minimum atomic E-state index is -1.01. The fourth-order valence-electron chi connectivity index (χ4n) is 2.54. The maximum atomic E-state index is 12.3. The number of ether oxygens (including phenoxy) is 2. The number of aromatic nitrogens is 1. The Morgan fingerprint density at radius 2 is 1.70 bits per heavy atom. The number of rotatable bonds is 8. The molecule has 2 N–H and O–H groups in total. The van der Waals surface area contributed by atoms with Crippen molar-refractivity contribution in [3.8, 4) is 0 Å². The molecule has 0 unspecified atom stereocenters. The van der Waals surface area contributed by atoms with Gasteiger partial charge in [-0.15, -0.1) is 0 Å². The van der Waals surface area contributed by atoms with Gasteiger partial charge in [-0.25, -0.2) is 9.59 Å². The Labute approximate surface area is 174 Å². The molecular formula is C21H25N3O6. The third kappa shape index (κ3) is 6.77. The van der Waals surface area contributed by atoms with E-state index in [-0.39, 0.29) is 18.2 Å². The molecule has 1 heterocycles. The zero-order chi connectivity index (χ0) is 22.1. The van der Waals surface area contributed by atoms with Crippen LogP contribution in [0, 0.1) is 5.92 Å². The Kier molecular flexibility index (Phi) is 8.16. The van der Waals surface area contributed by atoms with Crippen LogP contribution in [0.3, 0.4) is 0 Å². The zero-order valence-electron chi connectivity index (χ0n) is 17.1. The lowest BCUT2D eigenvalue weighted by molar-refractivity contribution is -0.151. The second kappa shape index (κ2) is 10.8. The molecule has 0 aliphatic rings. The zero-order valence-corrected chi connectivity index (χ0v) is 17.1. The van der Waals surface area contributed by atoms with E-state index in [0.29, 0.717) is 0 Å². The Balaban J connectivity index is 1.81. The van der Waals surface area contributed by atoms with Gasteiger partial charge in [-0.3, -0.25) is 14.9 Å². The molecule has 3 amide bonds. The van der Waals surface area contributed by atoms with Gasteiger partial charge in [0.25, 0.3) is 11.8 Å². The van der Waals surface area contributed by atoms with E-state index >= 15 is 0 Å². The third-order valence-electron chi connectivity index (χ3n) is 4.18. The number of hydrogen-bond donors (Lipinski definition) is 2. The van der Waals surface area contributed by atoms with Crippen LogP contribution < -0.4 is 10.6 Å². The van der Waals surface area contributed by atoms with Gasteiger partial charge in [-0.1, -0.05) is 44.2 Å². The van der Waals surface area contributed by atoms with E-state index in [2.05, 4.69) is 10.6 Å². The quantitative estimate of drug-likeness (QED) is 0.635. The summed E-state index contributed by atoms with van der Waals surface area (Å²) in [6.45, 7) is 2.82. The van der Waals surface area contributed by atoms with E-state index in [1.54, 1.807) is 55.9 Å². The Morgan fingerprint density at radius 1 is 1.00 bits per heavy atom. The molecular weight excluding hydrogens is 390 g/mol. The molecule has 0 aliphatic carbocycles. The fourth-order valence-corrected chi connectivity index (χ4v) is 2.54. The second-order valence-corrected chi connectivity index (χ2v) is 6.92. The molecule has 2 aromatic rings. The second-order valence-electron chi connectivity index (χ2n) is 6.92. The number of hydrogen-bond acceptors (Lipinski definition) is 6. The van der Waals surface area contributed by atoms with Gasteiger partial charge >= 0.3 is 12.1 Å². The van der Waals surface area contributed by atoms with Gasteiger partial charge in [0.05, 0.1) is 0 Å². The third-order valence-corrected chi connectivity index (χ3v) is 4.18. The summed E-state index contributed by atoms with van der Waals surface area (Å²) in [5, 5.41) is 4.58. The van der Waals surface area contributed by atoms with Crippen LogP contribution in [0.15, 0.2) is 48.7 Å². The molecule has 1 aromatic carbocycles. The highest BCUT2D eigenvalue weighted by Gasteiger charge is 2.27. The molecule has 30 heavy (non-hydrogen) atoms. The summed E-state index contributed by atoms with van der Waals surface area (Å²) in [6, 6.07) is 11.3. The first-order valence-electron chi connectivity index (χ1n) is 9.37. The SMILES string of the molecule is CC(C)[C@@H](NC(=O)OCc1ccccc1)C(=O)OCC(=O)NC(=O)c1cccn1C. The van der Waals surface area contributed by atoms with Gasteiger partial charge in [-0.05, 0) is 23.6 Å². The molecule has 0 bridgehead atoms. The van der Waals surface area contributed by atoms with E-state index < -0.39 is 36.5 Å². The number of nitrogens with zero attached hydrogens (tertiary/aromatic N) is 1. The fraction of sp³-hybridized carbons (Fsp3) is 0.333. The maximum Gasteiger partial charge on any atom is 0.408 e. The van der Waals surface area contributed by atoms with Crippen molar-refractivity contribution in [1.82, 2.24) is 15.2 Å². The molecule has 0 radical (unpaired) electrons. The number of aryl methyl sites for hydroxylation is 1. The van der Waals surface area contributed by atoms with E-state index in [1.165, 1.54) is 0 Å². The van der Waals surface area contributed by atoms with E-state index in [4.69, 9.17) is 9.47 Å². The number of amides is 3. The molecule has 2 rings (SSSR count). The van der Waals surface area contributed by atoms with Gasteiger partial charge in [0.1, 0.15) is 18.3 Å². The molecule has 160 valence electrons. The van der Waals surface area contributed by atoms with Crippen molar-refractivity contribution >= 4 is 23.9 Å². The number of carbonyl (C=O) groups is 4. The van der Waals surface area contributed by atoms with Crippen molar-refractivity contribution in [2.24, 2.45) is 13.0 Å². The lowest BCUT2D eigenvalue weighted by Gasteiger charge is -2.20. The Bertz CT molecular complexity index is 891. The summed E-state index contributed by atoms with van der Waals surface area (Å²) in [5.41, 5.74) is 1.09. The average Bonchev–Trinajstić information content (AvgIpc) is 3.15. The van der Waals surface area contributed by atoms with Crippen LogP contribution in [-0.4, -0.2) is 41.1 Å². The summed E-state index contributed by atoms with van der Waals surface area (Å²) < 4.78 is 11.6. The first-order valence-corrected chi connectivity index (χ1v) is 9.37. The van der Waals surface area contributed by atoms with Crippen LogP contribution in [0.2, 0.25) is 0 Å². The largest absolute Gasteiger partial charge is 0.454 e. The lowest BCUT2D eigenvalue weighted by Crippen LogP contribution is -2.46. The first kappa shape index (κ1) is 22.7. The molecule has 0 spiro atoms. The molecule has 0 saturated carbocycles. The molecule has 0 fully saturated rings. The smallest absolute Gasteiger partial charge is 0.408 e. The minimum absolute atomic E-state index is 0.0518. The minimum Gasteiger partial charge on any atom is -0.454 e. The van der Waals surface area contributed by atoms with Gasteiger partial charge in [0.2, 0.25) is 0 Å². The van der Waals surface area contributed by atoms with Crippen LogP contribution >= 0.6 is 0 Å². The first-order chi connectivity index (χ1) is 14.3. The van der Waals surface area contributed by atoms with Crippen molar-refractivity contribution in [2.75, 3.05) is 6.61 Å². The Hall–Kier alpha value is -3.62. The number of nitrogens with one attached hydrogen (secondary N) is 2. The monoisotopic (exact) mass is 415 g/mol. The number of alkyl carbamates (subject to hydrolysis) is 1. The van der Waals surface area contributed by atoms with E-state index in [9.17, 15) is 19.2 Å². The summed E-state index contributed by atoms with van der Waals surface area (Å²) >= 11 is 0. The number of carbonyl (C=O) groups excluding carboxylic acids is 4. The Morgan fingerprint density at radius 3 is 2.30 bits per heavy atom. The maximum absolute atomic E-state index is 12.3. The van der Waals surface area contributed by atoms with Crippen LogP contribution in [0.25, 0.3) is 0 Å². The van der Waals surface area contributed by atoms with Crippen molar-refractivity contribution in [2.45, 2.75) is 26.5 Å². The molecule has 1 aromatic heterocycles. The highest BCUT2D eigenvalue weighted by Crippen LogP contribution is 2.06. The van der Waals surface area contributed by atoms with Gasteiger partial charge < -0.3 is 19.4 Å². The van der Waals surface area contributed by atoms with Crippen LogP contribution in [0.1, 0.15) is 29.9 Å². The van der Waals surface area contributed by atoms with Gasteiger partial charge in [-0.2, -0.15) is 0 Å². The molecule has 9 heteroatoms. The van der Waals surface area contributed by atoms with E-state index in [0.717, 1.165) is 5.56 Å². The van der Waals surface area contributed by atoms with E-state index in [1.807, 2.05) is 18.2 Å². The molecule has 1 atom stereocenters. The predicted molar refractivity (Wildman–Crippen MR) is 107 cm³/mol.